The summed E-state index contributed by atoms with van der Waals surface area (Å²) in [5.41, 5.74) is 2.03. The Morgan fingerprint density at radius 2 is 2.15 bits per heavy atom. The molecule has 0 aliphatic heterocycles. The van der Waals surface area contributed by atoms with Gasteiger partial charge in [-0.2, -0.15) is 5.26 Å². The van der Waals surface area contributed by atoms with Crippen LogP contribution < -0.4 is 5.32 Å². The number of esters is 1. The Hall–Kier alpha value is -2.28. The number of hydrogen-bond acceptors (Lipinski definition) is 4. The molecular weight excluding hydrogens is 252 g/mol. The number of hydrogen-bond donors (Lipinski definition) is 1. The van der Waals surface area contributed by atoms with Gasteiger partial charge in [0.1, 0.15) is 6.07 Å². The first kappa shape index (κ1) is 15.8. The molecule has 0 bridgehead atoms. The summed E-state index contributed by atoms with van der Waals surface area (Å²) in [5, 5.41) is 12.0. The van der Waals surface area contributed by atoms with E-state index in [2.05, 4.69) is 19.2 Å². The van der Waals surface area contributed by atoms with Gasteiger partial charge in [0.05, 0.1) is 6.61 Å². The maximum Gasteiger partial charge on any atom is 0.350 e. The van der Waals surface area contributed by atoms with Crippen LogP contribution >= 0.6 is 0 Å². The second-order valence-corrected chi connectivity index (χ2v) is 4.43. The van der Waals surface area contributed by atoms with Crippen molar-refractivity contribution in [2.45, 2.75) is 33.1 Å². The van der Waals surface area contributed by atoms with Gasteiger partial charge in [-0.05, 0) is 30.9 Å². The van der Waals surface area contributed by atoms with Gasteiger partial charge in [-0.1, -0.05) is 32.0 Å². The van der Waals surface area contributed by atoms with E-state index >= 15 is 0 Å². The molecule has 20 heavy (non-hydrogen) atoms. The molecule has 0 heterocycles. The summed E-state index contributed by atoms with van der Waals surface area (Å²) in [6.45, 7) is 6.22. The van der Waals surface area contributed by atoms with Gasteiger partial charge in [0.25, 0.3) is 0 Å². The monoisotopic (exact) mass is 272 g/mol. The van der Waals surface area contributed by atoms with Crippen molar-refractivity contribution in [3.63, 3.8) is 0 Å². The fourth-order valence-electron chi connectivity index (χ4n) is 1.77. The largest absolute Gasteiger partial charge is 0.462 e. The minimum Gasteiger partial charge on any atom is -0.462 e. The van der Waals surface area contributed by atoms with Crippen LogP contribution in [0.4, 0.5) is 5.69 Å². The zero-order valence-corrected chi connectivity index (χ0v) is 12.1. The van der Waals surface area contributed by atoms with Crippen LogP contribution in [0.3, 0.4) is 0 Å². The van der Waals surface area contributed by atoms with Gasteiger partial charge < -0.3 is 10.1 Å². The average Bonchev–Trinajstić information content (AvgIpc) is 2.47. The molecule has 1 aromatic carbocycles. The summed E-state index contributed by atoms with van der Waals surface area (Å²) in [7, 11) is 0. The van der Waals surface area contributed by atoms with E-state index in [9.17, 15) is 4.79 Å². The Bertz CT molecular complexity index is 530. The highest BCUT2D eigenvalue weighted by Crippen LogP contribution is 2.26. The van der Waals surface area contributed by atoms with Crippen molar-refractivity contribution >= 4 is 11.7 Å². The molecule has 0 spiro atoms. The number of nitrogens with zero attached hydrogens (tertiary/aromatic N) is 1. The predicted octanol–water partition coefficient (Wildman–Crippen LogP) is 3.58. The van der Waals surface area contributed by atoms with E-state index in [1.807, 2.05) is 30.3 Å². The van der Waals surface area contributed by atoms with Crippen LogP contribution in [0, 0.1) is 11.3 Å². The highest BCUT2D eigenvalue weighted by atomic mass is 16.5. The molecular formula is C16H20N2O2. The first-order chi connectivity index (χ1) is 9.63. The molecule has 0 unspecified atom stereocenters. The summed E-state index contributed by atoms with van der Waals surface area (Å²) in [5.74, 6) is -0.205. The Morgan fingerprint density at radius 1 is 1.45 bits per heavy atom. The minimum absolute atomic E-state index is 0.0363. The smallest absolute Gasteiger partial charge is 0.350 e. The Kier molecular flexibility index (Phi) is 6.31. The molecule has 0 saturated heterocycles. The maximum absolute atomic E-state index is 11.5. The van der Waals surface area contributed by atoms with Crippen molar-refractivity contribution in [3.8, 4) is 6.07 Å². The fraction of sp³-hybridized carbons (Fsp3) is 0.375. The van der Waals surface area contributed by atoms with Crippen molar-refractivity contribution in [1.82, 2.24) is 0 Å². The molecule has 1 N–H and O–H groups in total. The zero-order valence-electron chi connectivity index (χ0n) is 12.1. The van der Waals surface area contributed by atoms with E-state index < -0.39 is 5.97 Å². The summed E-state index contributed by atoms with van der Waals surface area (Å²) in [6, 6.07) is 9.71. The predicted molar refractivity (Wildman–Crippen MR) is 79.1 cm³/mol. The number of para-hydroxylation sites is 1. The molecule has 0 aromatic heterocycles. The lowest BCUT2D eigenvalue weighted by atomic mass is 9.97. The highest BCUT2D eigenvalue weighted by molar-refractivity contribution is 5.93. The fourth-order valence-corrected chi connectivity index (χ4v) is 1.77. The third-order valence-corrected chi connectivity index (χ3v) is 3.09. The van der Waals surface area contributed by atoms with E-state index in [4.69, 9.17) is 10.00 Å². The number of rotatable bonds is 6. The molecule has 4 nitrogen and oxygen atoms in total. The Labute approximate surface area is 120 Å². The summed E-state index contributed by atoms with van der Waals surface area (Å²) >= 11 is 0. The molecule has 0 aliphatic carbocycles. The second kappa shape index (κ2) is 8.00. The summed E-state index contributed by atoms with van der Waals surface area (Å²) in [6.07, 6.45) is 2.42. The first-order valence-electron chi connectivity index (χ1n) is 6.76. The van der Waals surface area contributed by atoms with Crippen LogP contribution in [0.2, 0.25) is 0 Å². The third kappa shape index (κ3) is 4.13. The van der Waals surface area contributed by atoms with Crippen molar-refractivity contribution in [1.29, 1.82) is 5.26 Å². The lowest BCUT2D eigenvalue weighted by molar-refractivity contribution is -0.138. The Balaban J connectivity index is 2.93. The second-order valence-electron chi connectivity index (χ2n) is 4.43. The maximum atomic E-state index is 11.5. The van der Waals surface area contributed by atoms with Crippen molar-refractivity contribution in [2.75, 3.05) is 11.9 Å². The molecule has 1 atom stereocenters. The van der Waals surface area contributed by atoms with Crippen molar-refractivity contribution in [3.05, 3.63) is 41.6 Å². The molecule has 1 rings (SSSR count). The van der Waals surface area contributed by atoms with E-state index in [1.54, 1.807) is 6.92 Å². The van der Waals surface area contributed by atoms with Gasteiger partial charge >= 0.3 is 5.97 Å². The molecule has 0 fully saturated rings. The van der Waals surface area contributed by atoms with Gasteiger partial charge in [-0.25, -0.2) is 4.79 Å². The van der Waals surface area contributed by atoms with Crippen LogP contribution in [-0.4, -0.2) is 12.6 Å². The third-order valence-electron chi connectivity index (χ3n) is 3.09. The molecule has 0 aliphatic rings. The average molecular weight is 272 g/mol. The Morgan fingerprint density at radius 3 is 2.75 bits per heavy atom. The topological polar surface area (TPSA) is 62.1 Å². The number of nitriles is 1. The normalized spacial score (nSPS) is 12.4. The van der Waals surface area contributed by atoms with E-state index in [0.717, 1.165) is 17.7 Å². The number of benzene rings is 1. The molecule has 0 amide bonds. The number of anilines is 1. The van der Waals surface area contributed by atoms with Crippen LogP contribution in [0.25, 0.3) is 0 Å². The molecule has 1 aromatic rings. The molecule has 0 radical (unpaired) electrons. The lowest BCUT2D eigenvalue weighted by Gasteiger charge is -2.14. The number of ether oxygens (including phenoxy) is 1. The molecule has 0 saturated carbocycles. The summed E-state index contributed by atoms with van der Waals surface area (Å²) in [4.78, 5) is 11.5. The van der Waals surface area contributed by atoms with Crippen LogP contribution in [0.5, 0.6) is 0 Å². The van der Waals surface area contributed by atoms with Crippen molar-refractivity contribution in [2.24, 2.45) is 0 Å². The number of carbonyl (C=O) groups excluding carboxylic acids is 1. The van der Waals surface area contributed by atoms with Gasteiger partial charge in [-0.15, -0.1) is 0 Å². The van der Waals surface area contributed by atoms with Gasteiger partial charge in [0.2, 0.25) is 0 Å². The highest BCUT2D eigenvalue weighted by Gasteiger charge is 2.11. The van der Waals surface area contributed by atoms with E-state index in [-0.39, 0.29) is 12.2 Å². The van der Waals surface area contributed by atoms with Crippen LogP contribution in [-0.2, 0) is 9.53 Å². The van der Waals surface area contributed by atoms with Gasteiger partial charge in [0.15, 0.2) is 5.57 Å². The SMILES string of the molecule is CCOC(=O)/C(C#N)=C/Nc1ccccc1[C@H](C)CC. The van der Waals surface area contributed by atoms with Gasteiger partial charge in [-0.3, -0.25) is 0 Å². The van der Waals surface area contributed by atoms with E-state index in [1.165, 1.54) is 6.20 Å². The molecule has 106 valence electrons. The quantitative estimate of drug-likeness (QED) is 0.488. The lowest BCUT2D eigenvalue weighted by Crippen LogP contribution is -2.08. The standard InChI is InChI=1S/C16H20N2O2/c1-4-12(3)14-8-6-7-9-15(14)18-11-13(10-17)16(19)20-5-2/h6-9,11-12,18H,4-5H2,1-3H3/b13-11+/t12-/m1/s1. The van der Waals surface area contributed by atoms with Crippen molar-refractivity contribution < 1.29 is 9.53 Å². The van der Waals surface area contributed by atoms with Crippen LogP contribution in [0.1, 0.15) is 38.7 Å². The minimum atomic E-state index is -0.608. The number of nitrogens with one attached hydrogen (secondary N) is 1. The van der Waals surface area contributed by atoms with Gasteiger partial charge in [0, 0.05) is 11.9 Å². The first-order valence-corrected chi connectivity index (χ1v) is 6.76. The summed E-state index contributed by atoms with van der Waals surface area (Å²) < 4.78 is 4.81. The zero-order chi connectivity index (χ0) is 15.0. The van der Waals surface area contributed by atoms with E-state index in [0.29, 0.717) is 5.92 Å². The molecule has 4 heteroatoms. The number of carbonyl (C=O) groups is 1. The van der Waals surface area contributed by atoms with Crippen LogP contribution in [0.15, 0.2) is 36.0 Å².